The largest absolute Gasteiger partial charge is 0.466 e. The first-order chi connectivity index (χ1) is 13.7. The number of allylic oxidation sites excluding steroid dienone is 2. The Kier molecular flexibility index (Phi) is 5.95. The highest BCUT2D eigenvalue weighted by Gasteiger charge is 2.55. The Bertz CT molecular complexity index is 789. The molecular formula is C21H26O8. The average molecular weight is 406 g/mol. The zero-order valence-electron chi connectivity index (χ0n) is 16.8. The van der Waals surface area contributed by atoms with Crippen molar-refractivity contribution in [1.82, 2.24) is 0 Å². The minimum absolute atomic E-state index is 0.0352. The number of hydrogen-bond acceptors (Lipinski definition) is 8. The summed E-state index contributed by atoms with van der Waals surface area (Å²) < 4.78 is 21.5. The molecule has 1 aliphatic carbocycles. The molecule has 0 aromatic carbocycles. The summed E-state index contributed by atoms with van der Waals surface area (Å²) in [5.41, 5.74) is -0.0911. The van der Waals surface area contributed by atoms with Crippen LogP contribution < -0.4 is 0 Å². The van der Waals surface area contributed by atoms with Crippen LogP contribution in [-0.4, -0.2) is 60.6 Å². The van der Waals surface area contributed by atoms with Gasteiger partial charge < -0.3 is 24.1 Å². The molecule has 0 amide bonds. The van der Waals surface area contributed by atoms with Crippen LogP contribution in [0.2, 0.25) is 0 Å². The zero-order valence-corrected chi connectivity index (χ0v) is 16.8. The number of hydrogen-bond donors (Lipinski definition) is 1. The van der Waals surface area contributed by atoms with Gasteiger partial charge in [-0.05, 0) is 26.7 Å². The first kappa shape index (κ1) is 21.3. The van der Waals surface area contributed by atoms with E-state index in [4.69, 9.17) is 18.9 Å². The monoisotopic (exact) mass is 406 g/mol. The molecule has 0 aromatic heterocycles. The molecule has 0 radical (unpaired) electrons. The van der Waals surface area contributed by atoms with Crippen LogP contribution in [0.15, 0.2) is 35.5 Å². The lowest BCUT2D eigenvalue weighted by atomic mass is 9.80. The number of epoxide rings is 1. The lowest BCUT2D eigenvalue weighted by Crippen LogP contribution is -2.45. The molecule has 8 nitrogen and oxygen atoms in total. The maximum absolute atomic E-state index is 12.5. The molecule has 8 heteroatoms. The smallest absolute Gasteiger partial charge is 0.336 e. The molecule has 5 atom stereocenters. The number of ether oxygens (including phenoxy) is 4. The third-order valence-corrected chi connectivity index (χ3v) is 5.82. The number of esters is 3. The second-order valence-corrected chi connectivity index (χ2v) is 7.65. The molecule has 0 saturated carbocycles. The minimum Gasteiger partial charge on any atom is -0.466 e. The van der Waals surface area contributed by atoms with Crippen molar-refractivity contribution in [3.8, 4) is 0 Å². The van der Waals surface area contributed by atoms with Crippen LogP contribution in [0.4, 0.5) is 0 Å². The first-order valence-electron chi connectivity index (χ1n) is 9.57. The van der Waals surface area contributed by atoms with E-state index in [0.717, 1.165) is 0 Å². The molecule has 3 rings (SSSR count). The van der Waals surface area contributed by atoms with Crippen LogP contribution in [0.5, 0.6) is 0 Å². The fraction of sp³-hybridized carbons (Fsp3) is 0.571. The van der Waals surface area contributed by atoms with E-state index in [1.807, 2.05) is 0 Å². The van der Waals surface area contributed by atoms with Crippen LogP contribution in [0, 0.1) is 5.92 Å². The van der Waals surface area contributed by atoms with Crippen LogP contribution in [-0.2, 0) is 33.3 Å². The molecule has 0 aromatic rings. The van der Waals surface area contributed by atoms with Gasteiger partial charge in [0.1, 0.15) is 18.3 Å². The second-order valence-electron chi connectivity index (χ2n) is 7.65. The van der Waals surface area contributed by atoms with E-state index in [2.05, 4.69) is 6.58 Å². The number of aliphatic hydroxyl groups is 1. The van der Waals surface area contributed by atoms with Gasteiger partial charge in [0, 0.05) is 17.6 Å². The van der Waals surface area contributed by atoms with Crippen LogP contribution >= 0.6 is 0 Å². The third-order valence-electron chi connectivity index (χ3n) is 5.82. The van der Waals surface area contributed by atoms with Crippen molar-refractivity contribution in [2.45, 2.75) is 57.0 Å². The van der Waals surface area contributed by atoms with Crippen molar-refractivity contribution in [3.63, 3.8) is 0 Å². The van der Waals surface area contributed by atoms with Gasteiger partial charge >= 0.3 is 17.9 Å². The maximum atomic E-state index is 12.5. The van der Waals surface area contributed by atoms with Gasteiger partial charge in [0.05, 0.1) is 30.8 Å². The van der Waals surface area contributed by atoms with Gasteiger partial charge in [-0.25, -0.2) is 14.4 Å². The topological polar surface area (TPSA) is 112 Å². The van der Waals surface area contributed by atoms with E-state index in [1.54, 1.807) is 26.0 Å². The summed E-state index contributed by atoms with van der Waals surface area (Å²) in [6, 6.07) is 0. The van der Waals surface area contributed by atoms with Crippen molar-refractivity contribution in [3.05, 3.63) is 35.5 Å². The van der Waals surface area contributed by atoms with Gasteiger partial charge in [-0.15, -0.1) is 0 Å². The van der Waals surface area contributed by atoms with Crippen molar-refractivity contribution in [1.29, 1.82) is 0 Å². The Balaban J connectivity index is 2.05. The highest BCUT2D eigenvalue weighted by molar-refractivity contribution is 5.93. The van der Waals surface area contributed by atoms with Gasteiger partial charge in [-0.2, -0.15) is 0 Å². The van der Waals surface area contributed by atoms with Crippen molar-refractivity contribution >= 4 is 17.9 Å². The minimum atomic E-state index is -1.51. The molecule has 2 heterocycles. The van der Waals surface area contributed by atoms with E-state index in [0.29, 0.717) is 31.4 Å². The summed E-state index contributed by atoms with van der Waals surface area (Å²) >= 11 is 0. The average Bonchev–Trinajstić information content (AvgIpc) is 3.41. The molecule has 2 fully saturated rings. The standard InChI is InChI=1S/C21H26O8/c1-5-11(2)18(23)29-17-15-12(3)19(24)28-14(15)9-21(10-27-21)8-6-7-13(16(17)22)20(25)26-4/h5,7,14-17,22H,3,6,8-10H2,1-2,4H3/b11-5-,13-7+/t14-,15+,16+,17+,21+/m1/s1. The summed E-state index contributed by atoms with van der Waals surface area (Å²) in [5, 5.41) is 11.0. The summed E-state index contributed by atoms with van der Waals surface area (Å²) in [7, 11) is 1.20. The number of rotatable bonds is 3. The highest BCUT2D eigenvalue weighted by Crippen LogP contribution is 2.45. The van der Waals surface area contributed by atoms with E-state index < -0.39 is 47.7 Å². The van der Waals surface area contributed by atoms with Crippen LogP contribution in [0.1, 0.15) is 33.1 Å². The maximum Gasteiger partial charge on any atom is 0.336 e. The number of aliphatic hydroxyl groups excluding tert-OH is 1. The number of carbonyl (C=O) groups is 3. The Labute approximate surface area is 169 Å². The van der Waals surface area contributed by atoms with Crippen molar-refractivity contribution < 1.29 is 38.4 Å². The summed E-state index contributed by atoms with van der Waals surface area (Å²) in [4.78, 5) is 37.1. The molecule has 0 bridgehead atoms. The summed E-state index contributed by atoms with van der Waals surface area (Å²) in [5.74, 6) is -2.84. The molecule has 29 heavy (non-hydrogen) atoms. The van der Waals surface area contributed by atoms with Crippen molar-refractivity contribution in [2.75, 3.05) is 13.7 Å². The Hall–Kier alpha value is -2.45. The Morgan fingerprint density at radius 3 is 2.69 bits per heavy atom. The van der Waals surface area contributed by atoms with Gasteiger partial charge in [-0.3, -0.25) is 0 Å². The normalized spacial score (nSPS) is 36.6. The summed E-state index contributed by atoms with van der Waals surface area (Å²) in [6.07, 6.45) is 1.13. The molecule has 1 spiro atoms. The van der Waals surface area contributed by atoms with Crippen LogP contribution in [0.25, 0.3) is 0 Å². The molecule has 158 valence electrons. The quantitative estimate of drug-likeness (QED) is 0.324. The molecule has 2 saturated heterocycles. The van der Waals surface area contributed by atoms with Gasteiger partial charge in [0.15, 0.2) is 0 Å². The molecule has 0 unspecified atom stereocenters. The molecular weight excluding hydrogens is 380 g/mol. The fourth-order valence-corrected chi connectivity index (χ4v) is 3.84. The second kappa shape index (κ2) is 8.12. The van der Waals surface area contributed by atoms with Crippen molar-refractivity contribution in [2.24, 2.45) is 5.92 Å². The Morgan fingerprint density at radius 2 is 2.10 bits per heavy atom. The lowest BCUT2D eigenvalue weighted by molar-refractivity contribution is -0.157. The van der Waals surface area contributed by atoms with Gasteiger partial charge in [0.25, 0.3) is 0 Å². The predicted octanol–water partition coefficient (Wildman–Crippen LogP) is 1.38. The molecule has 1 N–H and O–H groups in total. The Morgan fingerprint density at radius 1 is 1.41 bits per heavy atom. The SMILES string of the molecule is C=C1C(=O)O[C@@H]2C[C@@]3(CC/C=C(/C(=O)OC)[C@H](O)[C@@H](OC(=O)/C(C)=C\C)[C@@H]12)CO3. The molecule has 3 aliphatic rings. The lowest BCUT2D eigenvalue weighted by Gasteiger charge is -2.33. The number of carbonyl (C=O) groups excluding carboxylic acids is 3. The fourth-order valence-electron chi connectivity index (χ4n) is 3.84. The molecule has 2 aliphatic heterocycles. The highest BCUT2D eigenvalue weighted by atomic mass is 16.6. The van der Waals surface area contributed by atoms with Crippen LogP contribution in [0.3, 0.4) is 0 Å². The van der Waals surface area contributed by atoms with E-state index in [1.165, 1.54) is 7.11 Å². The van der Waals surface area contributed by atoms with E-state index in [9.17, 15) is 19.5 Å². The van der Waals surface area contributed by atoms with Gasteiger partial charge in [0.2, 0.25) is 0 Å². The first-order valence-corrected chi connectivity index (χ1v) is 9.57. The summed E-state index contributed by atoms with van der Waals surface area (Å²) in [6.45, 7) is 7.55. The number of methoxy groups -OCH3 is 1. The van der Waals surface area contributed by atoms with Gasteiger partial charge in [-0.1, -0.05) is 18.7 Å². The number of fused-ring (bicyclic) bond motifs is 1. The third kappa shape index (κ3) is 4.13. The zero-order chi connectivity index (χ0) is 21.3. The van der Waals surface area contributed by atoms with E-state index >= 15 is 0 Å². The predicted molar refractivity (Wildman–Crippen MR) is 100 cm³/mol. The van der Waals surface area contributed by atoms with E-state index in [-0.39, 0.29) is 11.1 Å².